The lowest BCUT2D eigenvalue weighted by Crippen LogP contribution is -2.19. The van der Waals surface area contributed by atoms with E-state index in [1.54, 1.807) is 36.5 Å². The number of hydrogen-bond donors (Lipinski definition) is 2. The number of H-pyrrole nitrogens is 1. The number of aromatic nitrogens is 2. The van der Waals surface area contributed by atoms with E-state index in [1.165, 1.54) is 0 Å². The molecule has 0 aliphatic rings. The molecule has 0 aliphatic heterocycles. The van der Waals surface area contributed by atoms with Crippen LogP contribution in [0, 0.1) is 0 Å². The molecule has 0 unspecified atom stereocenters. The summed E-state index contributed by atoms with van der Waals surface area (Å²) in [5, 5.41) is 8.65. The molecule has 0 spiro atoms. The Labute approximate surface area is 95.7 Å². The summed E-state index contributed by atoms with van der Waals surface area (Å²) in [5.74, 6) is -1.31. The van der Waals surface area contributed by atoms with Crippen molar-refractivity contribution in [2.75, 3.05) is 5.32 Å². The molecule has 2 rings (SSSR count). The van der Waals surface area contributed by atoms with Crippen LogP contribution in [-0.4, -0.2) is 22.5 Å². The lowest BCUT2D eigenvalue weighted by molar-refractivity contribution is -0.126. The number of carbonyl (C=O) groups is 1. The standard InChI is InChI=1S/C11H9F2N3O/c12-10(13)11(17)15-8-3-1-2-7(6-8)9-4-5-14-16-9/h1-6,10H,(H,14,16)(H,15,17). The Bertz CT molecular complexity index is 511. The molecule has 0 aliphatic carbocycles. The predicted molar refractivity (Wildman–Crippen MR) is 58.7 cm³/mol. The Morgan fingerprint density at radius 1 is 1.35 bits per heavy atom. The highest BCUT2D eigenvalue weighted by molar-refractivity contribution is 5.93. The number of aromatic amines is 1. The minimum absolute atomic E-state index is 0.322. The monoisotopic (exact) mass is 237 g/mol. The van der Waals surface area contributed by atoms with Gasteiger partial charge in [-0.05, 0) is 18.2 Å². The van der Waals surface area contributed by atoms with E-state index in [-0.39, 0.29) is 0 Å². The van der Waals surface area contributed by atoms with Crippen LogP contribution >= 0.6 is 0 Å². The molecule has 88 valence electrons. The average molecular weight is 237 g/mol. The fraction of sp³-hybridized carbons (Fsp3) is 0.0909. The summed E-state index contributed by atoms with van der Waals surface area (Å²) < 4.78 is 24.1. The lowest BCUT2D eigenvalue weighted by atomic mass is 10.1. The number of nitrogens with one attached hydrogen (secondary N) is 2. The molecule has 2 N–H and O–H groups in total. The van der Waals surface area contributed by atoms with Crippen LogP contribution in [0.4, 0.5) is 14.5 Å². The minimum atomic E-state index is -3.02. The van der Waals surface area contributed by atoms with Gasteiger partial charge < -0.3 is 5.32 Å². The van der Waals surface area contributed by atoms with Crippen LogP contribution in [0.3, 0.4) is 0 Å². The summed E-state index contributed by atoms with van der Waals surface area (Å²) in [6.45, 7) is 0. The van der Waals surface area contributed by atoms with Crippen molar-refractivity contribution < 1.29 is 13.6 Å². The zero-order valence-electron chi connectivity index (χ0n) is 8.65. The van der Waals surface area contributed by atoms with E-state index in [4.69, 9.17) is 0 Å². The number of carbonyl (C=O) groups excluding carboxylic acids is 1. The first kappa shape index (κ1) is 11.3. The summed E-state index contributed by atoms with van der Waals surface area (Å²) in [6.07, 6.45) is -1.44. The van der Waals surface area contributed by atoms with Crippen LogP contribution in [-0.2, 0) is 4.79 Å². The van der Waals surface area contributed by atoms with Gasteiger partial charge in [0.25, 0.3) is 5.91 Å². The number of anilines is 1. The second-order valence-electron chi connectivity index (χ2n) is 3.34. The fourth-order valence-corrected chi connectivity index (χ4v) is 1.38. The second-order valence-corrected chi connectivity index (χ2v) is 3.34. The zero-order valence-corrected chi connectivity index (χ0v) is 8.65. The summed E-state index contributed by atoms with van der Waals surface area (Å²) in [6, 6.07) is 8.32. The van der Waals surface area contributed by atoms with Gasteiger partial charge in [-0.3, -0.25) is 9.89 Å². The summed E-state index contributed by atoms with van der Waals surface area (Å²) >= 11 is 0. The van der Waals surface area contributed by atoms with E-state index in [2.05, 4.69) is 15.5 Å². The van der Waals surface area contributed by atoms with Crippen LogP contribution in [0.5, 0.6) is 0 Å². The number of amides is 1. The van der Waals surface area contributed by atoms with Crippen molar-refractivity contribution in [1.82, 2.24) is 10.2 Å². The van der Waals surface area contributed by atoms with Crippen molar-refractivity contribution in [2.24, 2.45) is 0 Å². The largest absolute Gasteiger partial charge is 0.321 e. The van der Waals surface area contributed by atoms with Crippen LogP contribution < -0.4 is 5.32 Å². The molecular formula is C11H9F2N3O. The Morgan fingerprint density at radius 3 is 2.82 bits per heavy atom. The van der Waals surface area contributed by atoms with Gasteiger partial charge in [0, 0.05) is 17.4 Å². The smallest absolute Gasteiger partial charge is 0.315 e. The van der Waals surface area contributed by atoms with E-state index in [9.17, 15) is 13.6 Å². The van der Waals surface area contributed by atoms with Gasteiger partial charge in [0.05, 0.1) is 5.69 Å². The molecule has 17 heavy (non-hydrogen) atoms. The van der Waals surface area contributed by atoms with E-state index < -0.39 is 12.3 Å². The second kappa shape index (κ2) is 4.73. The normalized spacial score (nSPS) is 10.5. The van der Waals surface area contributed by atoms with E-state index in [0.29, 0.717) is 5.69 Å². The maximum absolute atomic E-state index is 12.1. The first-order valence-corrected chi connectivity index (χ1v) is 4.85. The quantitative estimate of drug-likeness (QED) is 0.860. The van der Waals surface area contributed by atoms with Crippen molar-refractivity contribution >= 4 is 11.6 Å². The van der Waals surface area contributed by atoms with E-state index >= 15 is 0 Å². The molecule has 0 bridgehead atoms. The van der Waals surface area contributed by atoms with Crippen molar-refractivity contribution in [2.45, 2.75) is 6.43 Å². The molecular weight excluding hydrogens is 228 g/mol. The number of rotatable bonds is 3. The SMILES string of the molecule is O=C(Nc1cccc(-c2ccn[nH]2)c1)C(F)F. The third-order valence-corrected chi connectivity index (χ3v) is 2.14. The summed E-state index contributed by atoms with van der Waals surface area (Å²) in [4.78, 5) is 10.8. The van der Waals surface area contributed by atoms with E-state index in [0.717, 1.165) is 11.3 Å². The number of alkyl halides is 2. The molecule has 1 aromatic heterocycles. The Kier molecular flexibility index (Phi) is 3.13. The number of hydrogen-bond acceptors (Lipinski definition) is 2. The molecule has 0 fully saturated rings. The Balaban J connectivity index is 2.20. The highest BCUT2D eigenvalue weighted by Gasteiger charge is 2.15. The molecule has 2 aromatic rings. The maximum atomic E-state index is 12.1. The molecule has 1 heterocycles. The van der Waals surface area contributed by atoms with Gasteiger partial charge in [-0.25, -0.2) is 0 Å². The van der Waals surface area contributed by atoms with Gasteiger partial charge in [0.1, 0.15) is 0 Å². The first-order valence-electron chi connectivity index (χ1n) is 4.85. The third kappa shape index (κ3) is 2.66. The van der Waals surface area contributed by atoms with Gasteiger partial charge in [0.2, 0.25) is 0 Å². The highest BCUT2D eigenvalue weighted by atomic mass is 19.3. The van der Waals surface area contributed by atoms with Crippen molar-refractivity contribution in [3.8, 4) is 11.3 Å². The van der Waals surface area contributed by atoms with Crippen LogP contribution in [0.25, 0.3) is 11.3 Å². The maximum Gasteiger partial charge on any atom is 0.315 e. The molecule has 4 nitrogen and oxygen atoms in total. The number of halogens is 2. The minimum Gasteiger partial charge on any atom is -0.321 e. The first-order chi connectivity index (χ1) is 8.16. The molecule has 6 heteroatoms. The summed E-state index contributed by atoms with van der Waals surface area (Å²) in [5.41, 5.74) is 1.83. The highest BCUT2D eigenvalue weighted by Crippen LogP contribution is 2.20. The molecule has 0 radical (unpaired) electrons. The topological polar surface area (TPSA) is 57.8 Å². The molecule has 0 atom stereocenters. The third-order valence-electron chi connectivity index (χ3n) is 2.14. The van der Waals surface area contributed by atoms with Crippen LogP contribution in [0.2, 0.25) is 0 Å². The van der Waals surface area contributed by atoms with Gasteiger partial charge in [0.15, 0.2) is 0 Å². The van der Waals surface area contributed by atoms with Crippen LogP contribution in [0.1, 0.15) is 0 Å². The lowest BCUT2D eigenvalue weighted by Gasteiger charge is -2.05. The average Bonchev–Trinajstić information content (AvgIpc) is 2.82. The van der Waals surface area contributed by atoms with E-state index in [1.807, 2.05) is 0 Å². The summed E-state index contributed by atoms with van der Waals surface area (Å²) in [7, 11) is 0. The Hall–Kier alpha value is -2.24. The zero-order chi connectivity index (χ0) is 12.3. The van der Waals surface area contributed by atoms with Crippen LogP contribution in [0.15, 0.2) is 36.5 Å². The van der Waals surface area contributed by atoms with Gasteiger partial charge in [-0.15, -0.1) is 0 Å². The van der Waals surface area contributed by atoms with Gasteiger partial charge >= 0.3 is 6.43 Å². The predicted octanol–water partition coefficient (Wildman–Crippen LogP) is 2.28. The number of nitrogens with zero attached hydrogens (tertiary/aromatic N) is 1. The van der Waals surface area contributed by atoms with Crippen molar-refractivity contribution in [3.05, 3.63) is 36.5 Å². The molecule has 0 saturated carbocycles. The number of benzene rings is 1. The van der Waals surface area contributed by atoms with Gasteiger partial charge in [-0.2, -0.15) is 13.9 Å². The van der Waals surface area contributed by atoms with Crippen molar-refractivity contribution in [1.29, 1.82) is 0 Å². The fourth-order valence-electron chi connectivity index (χ4n) is 1.38. The van der Waals surface area contributed by atoms with Gasteiger partial charge in [-0.1, -0.05) is 12.1 Å². The molecule has 0 saturated heterocycles. The van der Waals surface area contributed by atoms with Crippen molar-refractivity contribution in [3.63, 3.8) is 0 Å². The molecule has 1 aromatic carbocycles. The molecule has 1 amide bonds. The Morgan fingerprint density at radius 2 is 2.18 bits per heavy atom.